The highest BCUT2D eigenvalue weighted by atomic mass is 19.3. The zero-order valence-corrected chi connectivity index (χ0v) is 10.6. The predicted molar refractivity (Wildman–Crippen MR) is 66.2 cm³/mol. The average Bonchev–Trinajstić information content (AvgIpc) is 2.35. The summed E-state index contributed by atoms with van der Waals surface area (Å²) in [6.45, 7) is 3.62. The highest BCUT2D eigenvalue weighted by Crippen LogP contribution is 2.16. The standard InChI is InChI=1S/C11H18F2N4O/c1-6(2)11-16-8(14-3)4-9(17-11)15-5-7(18)10(12)13/h4,6-7,10,18H,5H2,1-3H3,(H2,14,15,16,17). The van der Waals surface area contributed by atoms with E-state index in [-0.39, 0.29) is 12.5 Å². The van der Waals surface area contributed by atoms with Crippen molar-refractivity contribution in [1.82, 2.24) is 9.97 Å². The number of aliphatic hydroxyl groups is 1. The number of hydrogen-bond acceptors (Lipinski definition) is 5. The van der Waals surface area contributed by atoms with Gasteiger partial charge in [-0.2, -0.15) is 0 Å². The monoisotopic (exact) mass is 260 g/mol. The van der Waals surface area contributed by atoms with Crippen LogP contribution in [0.1, 0.15) is 25.6 Å². The molecule has 18 heavy (non-hydrogen) atoms. The molecule has 0 saturated carbocycles. The lowest BCUT2D eigenvalue weighted by molar-refractivity contribution is 0.00380. The molecular weight excluding hydrogens is 242 g/mol. The van der Waals surface area contributed by atoms with Crippen LogP contribution in [0.5, 0.6) is 0 Å². The van der Waals surface area contributed by atoms with Crippen LogP contribution >= 0.6 is 0 Å². The molecule has 0 aliphatic heterocycles. The fraction of sp³-hybridized carbons (Fsp3) is 0.636. The molecular formula is C11H18F2N4O. The van der Waals surface area contributed by atoms with Crippen molar-refractivity contribution in [3.05, 3.63) is 11.9 Å². The Morgan fingerprint density at radius 2 is 1.89 bits per heavy atom. The molecule has 1 rings (SSSR count). The molecule has 1 unspecified atom stereocenters. The van der Waals surface area contributed by atoms with Crippen LogP contribution in [0.15, 0.2) is 6.07 Å². The molecule has 0 amide bonds. The molecule has 7 heteroatoms. The number of nitrogens with zero attached hydrogens (tertiary/aromatic N) is 2. The third kappa shape index (κ3) is 4.06. The quantitative estimate of drug-likeness (QED) is 0.726. The van der Waals surface area contributed by atoms with Crippen molar-refractivity contribution < 1.29 is 13.9 Å². The van der Waals surface area contributed by atoms with Crippen LogP contribution in [0.2, 0.25) is 0 Å². The first kappa shape index (κ1) is 14.6. The van der Waals surface area contributed by atoms with Crippen LogP contribution in [-0.2, 0) is 0 Å². The van der Waals surface area contributed by atoms with Gasteiger partial charge < -0.3 is 15.7 Å². The Morgan fingerprint density at radius 1 is 1.28 bits per heavy atom. The summed E-state index contributed by atoms with van der Waals surface area (Å²) in [5, 5.41) is 14.6. The Bertz CT molecular complexity index is 387. The van der Waals surface area contributed by atoms with Crippen LogP contribution < -0.4 is 10.6 Å². The van der Waals surface area contributed by atoms with Crippen LogP contribution in [0.3, 0.4) is 0 Å². The summed E-state index contributed by atoms with van der Waals surface area (Å²) in [4.78, 5) is 8.43. The molecule has 3 N–H and O–H groups in total. The summed E-state index contributed by atoms with van der Waals surface area (Å²) >= 11 is 0. The van der Waals surface area contributed by atoms with Gasteiger partial charge in [-0.15, -0.1) is 0 Å². The van der Waals surface area contributed by atoms with Crippen molar-refractivity contribution in [3.63, 3.8) is 0 Å². The number of alkyl halides is 2. The van der Waals surface area contributed by atoms with Gasteiger partial charge in [0.25, 0.3) is 6.43 Å². The molecule has 0 fully saturated rings. The summed E-state index contributed by atoms with van der Waals surface area (Å²) in [6, 6.07) is 1.60. The topological polar surface area (TPSA) is 70.1 Å². The van der Waals surface area contributed by atoms with Gasteiger partial charge in [0, 0.05) is 25.6 Å². The van der Waals surface area contributed by atoms with Crippen molar-refractivity contribution in [2.45, 2.75) is 32.3 Å². The first-order valence-corrected chi connectivity index (χ1v) is 5.70. The maximum Gasteiger partial charge on any atom is 0.265 e. The maximum atomic E-state index is 12.1. The van der Waals surface area contributed by atoms with Crippen molar-refractivity contribution in [2.24, 2.45) is 0 Å². The molecule has 0 bridgehead atoms. The van der Waals surface area contributed by atoms with E-state index >= 15 is 0 Å². The second kappa shape index (κ2) is 6.44. The van der Waals surface area contributed by atoms with Gasteiger partial charge in [0.2, 0.25) is 0 Å². The lowest BCUT2D eigenvalue weighted by atomic mass is 10.2. The normalized spacial score (nSPS) is 12.9. The van der Waals surface area contributed by atoms with E-state index in [4.69, 9.17) is 5.11 Å². The Hall–Kier alpha value is -1.50. The molecule has 5 nitrogen and oxygen atoms in total. The Kier molecular flexibility index (Phi) is 5.21. The molecule has 0 aromatic carbocycles. The van der Waals surface area contributed by atoms with Gasteiger partial charge in [0.15, 0.2) is 0 Å². The number of hydrogen-bond donors (Lipinski definition) is 3. The number of aliphatic hydroxyl groups excluding tert-OH is 1. The van der Waals surface area contributed by atoms with Crippen LogP contribution in [0, 0.1) is 0 Å². The smallest absolute Gasteiger partial charge is 0.265 e. The number of anilines is 2. The van der Waals surface area contributed by atoms with E-state index in [0.29, 0.717) is 17.5 Å². The highest BCUT2D eigenvalue weighted by molar-refractivity contribution is 5.47. The molecule has 0 radical (unpaired) electrons. The average molecular weight is 260 g/mol. The van der Waals surface area contributed by atoms with Crippen molar-refractivity contribution in [1.29, 1.82) is 0 Å². The molecule has 1 atom stereocenters. The zero-order valence-electron chi connectivity index (χ0n) is 10.6. The van der Waals surface area contributed by atoms with Gasteiger partial charge in [-0.25, -0.2) is 18.7 Å². The maximum absolute atomic E-state index is 12.1. The summed E-state index contributed by atoms with van der Waals surface area (Å²) in [6.07, 6.45) is -4.48. The lowest BCUT2D eigenvalue weighted by Gasteiger charge is -2.13. The number of rotatable bonds is 6. The van der Waals surface area contributed by atoms with E-state index in [1.165, 1.54) is 0 Å². The van der Waals surface area contributed by atoms with Gasteiger partial charge in [-0.05, 0) is 0 Å². The van der Waals surface area contributed by atoms with Gasteiger partial charge in [-0.3, -0.25) is 0 Å². The van der Waals surface area contributed by atoms with E-state index < -0.39 is 12.5 Å². The fourth-order valence-corrected chi connectivity index (χ4v) is 1.24. The first-order valence-electron chi connectivity index (χ1n) is 5.70. The van der Waals surface area contributed by atoms with Gasteiger partial charge in [0.1, 0.15) is 23.6 Å². The van der Waals surface area contributed by atoms with E-state index in [9.17, 15) is 8.78 Å². The summed E-state index contributed by atoms with van der Waals surface area (Å²) < 4.78 is 24.3. The third-order valence-corrected chi connectivity index (χ3v) is 2.30. The predicted octanol–water partition coefficient (Wildman–Crippen LogP) is 1.68. The molecule has 1 aromatic heterocycles. The Balaban J connectivity index is 2.78. The lowest BCUT2D eigenvalue weighted by Crippen LogP contribution is -2.27. The highest BCUT2D eigenvalue weighted by Gasteiger charge is 2.16. The third-order valence-electron chi connectivity index (χ3n) is 2.30. The van der Waals surface area contributed by atoms with Crippen LogP contribution in [0.25, 0.3) is 0 Å². The molecule has 102 valence electrons. The first-order chi connectivity index (χ1) is 8.43. The van der Waals surface area contributed by atoms with E-state index in [1.807, 2.05) is 13.8 Å². The second-order valence-corrected chi connectivity index (χ2v) is 4.18. The molecule has 0 saturated heterocycles. The number of aromatic nitrogens is 2. The second-order valence-electron chi connectivity index (χ2n) is 4.18. The SMILES string of the molecule is CNc1cc(NCC(O)C(F)F)nc(C(C)C)n1. The van der Waals surface area contributed by atoms with Gasteiger partial charge >= 0.3 is 0 Å². The molecule has 0 aliphatic carbocycles. The van der Waals surface area contributed by atoms with E-state index in [1.54, 1.807) is 13.1 Å². The summed E-state index contributed by atoms with van der Waals surface area (Å²) in [7, 11) is 1.71. The molecule has 1 aromatic rings. The summed E-state index contributed by atoms with van der Waals surface area (Å²) in [5.74, 6) is 1.75. The summed E-state index contributed by atoms with van der Waals surface area (Å²) in [5.41, 5.74) is 0. The van der Waals surface area contributed by atoms with Crippen LogP contribution in [-0.4, -0.2) is 41.2 Å². The Labute approximate surface area is 105 Å². The molecule has 0 spiro atoms. The fourth-order valence-electron chi connectivity index (χ4n) is 1.24. The minimum Gasteiger partial charge on any atom is -0.385 e. The van der Waals surface area contributed by atoms with Crippen LogP contribution in [0.4, 0.5) is 20.4 Å². The van der Waals surface area contributed by atoms with E-state index in [2.05, 4.69) is 20.6 Å². The van der Waals surface area contributed by atoms with Crippen molar-refractivity contribution in [2.75, 3.05) is 24.2 Å². The Morgan fingerprint density at radius 3 is 2.39 bits per heavy atom. The zero-order chi connectivity index (χ0) is 13.7. The van der Waals surface area contributed by atoms with E-state index in [0.717, 1.165) is 0 Å². The number of halogens is 2. The van der Waals surface area contributed by atoms with Crippen molar-refractivity contribution >= 4 is 11.6 Å². The minimum absolute atomic E-state index is 0.124. The van der Waals surface area contributed by atoms with Gasteiger partial charge in [0.05, 0.1) is 0 Å². The van der Waals surface area contributed by atoms with Crippen molar-refractivity contribution in [3.8, 4) is 0 Å². The molecule has 0 aliphatic rings. The minimum atomic E-state index is -2.77. The van der Waals surface area contributed by atoms with Gasteiger partial charge in [-0.1, -0.05) is 13.8 Å². The molecule has 1 heterocycles. The largest absolute Gasteiger partial charge is 0.385 e. The number of nitrogens with one attached hydrogen (secondary N) is 2.